The molecule has 0 saturated carbocycles. The lowest BCUT2D eigenvalue weighted by Crippen LogP contribution is -2.11. The SMILES string of the molecule is CC(C)(C)c1ccc2c(c1)c1ccc3c4cc(C(C)(C)C)ccc4n(-c4nc(-c5ccccc5)nc(-c5ccc(-c6ccccc6)cc5)n4)c3c1n2-c1ccccc1. The fraction of sp³-hybridized carbons (Fsp3) is 0.151. The van der Waals surface area contributed by atoms with Gasteiger partial charge in [0.15, 0.2) is 11.6 Å². The molecule has 7 aromatic carbocycles. The minimum absolute atomic E-state index is 0.00780. The van der Waals surface area contributed by atoms with Crippen LogP contribution in [0.2, 0.25) is 0 Å². The zero-order valence-corrected chi connectivity index (χ0v) is 33.8. The van der Waals surface area contributed by atoms with Crippen LogP contribution in [0.25, 0.3) is 89.2 Å². The quantitative estimate of drug-likeness (QED) is 0.176. The van der Waals surface area contributed by atoms with Crippen LogP contribution in [-0.4, -0.2) is 24.1 Å². The van der Waals surface area contributed by atoms with E-state index >= 15 is 0 Å². The predicted molar refractivity (Wildman–Crippen MR) is 242 cm³/mol. The highest BCUT2D eigenvalue weighted by molar-refractivity contribution is 6.24. The number of fused-ring (bicyclic) bond motifs is 7. The van der Waals surface area contributed by atoms with Crippen LogP contribution in [0.3, 0.4) is 0 Å². The molecule has 5 heteroatoms. The average Bonchev–Trinajstić information content (AvgIpc) is 3.76. The minimum atomic E-state index is -0.0399. The van der Waals surface area contributed by atoms with Gasteiger partial charge in [-0.2, -0.15) is 9.97 Å². The van der Waals surface area contributed by atoms with E-state index in [1.165, 1.54) is 32.8 Å². The van der Waals surface area contributed by atoms with E-state index in [0.717, 1.165) is 49.8 Å². The zero-order valence-electron chi connectivity index (χ0n) is 33.8. The lowest BCUT2D eigenvalue weighted by molar-refractivity contribution is 0.591. The van der Waals surface area contributed by atoms with Gasteiger partial charge in [-0.3, -0.25) is 4.57 Å². The summed E-state index contributed by atoms with van der Waals surface area (Å²) in [6.45, 7) is 13.7. The second kappa shape index (κ2) is 13.4. The summed E-state index contributed by atoms with van der Waals surface area (Å²) in [6, 6.07) is 58.5. The van der Waals surface area contributed by atoms with Gasteiger partial charge in [0.2, 0.25) is 5.95 Å². The van der Waals surface area contributed by atoms with Crippen molar-refractivity contribution < 1.29 is 0 Å². The maximum absolute atomic E-state index is 5.39. The molecule has 0 spiro atoms. The highest BCUT2D eigenvalue weighted by Crippen LogP contribution is 2.43. The number of para-hydroxylation sites is 1. The Labute approximate surface area is 339 Å². The van der Waals surface area contributed by atoms with E-state index in [9.17, 15) is 0 Å². The summed E-state index contributed by atoms with van der Waals surface area (Å²) in [7, 11) is 0. The second-order valence-corrected chi connectivity index (χ2v) is 17.4. The van der Waals surface area contributed by atoms with Crippen LogP contribution in [0.1, 0.15) is 52.7 Å². The van der Waals surface area contributed by atoms with Crippen molar-refractivity contribution in [1.29, 1.82) is 0 Å². The largest absolute Gasteiger partial charge is 0.307 e. The van der Waals surface area contributed by atoms with E-state index in [0.29, 0.717) is 17.6 Å². The Balaban J connectivity index is 1.34. The predicted octanol–water partition coefficient (Wildman–Crippen LogP) is 13.7. The summed E-state index contributed by atoms with van der Waals surface area (Å²) in [6.07, 6.45) is 0. The van der Waals surface area contributed by atoms with Gasteiger partial charge in [0, 0.05) is 38.4 Å². The summed E-state index contributed by atoms with van der Waals surface area (Å²) in [5, 5.41) is 4.73. The normalized spacial score (nSPS) is 12.3. The Morgan fingerprint density at radius 2 is 0.776 bits per heavy atom. The molecule has 0 fully saturated rings. The van der Waals surface area contributed by atoms with Crippen molar-refractivity contribution in [3.05, 3.63) is 175 Å². The smallest absolute Gasteiger partial charge is 0.238 e. The molecule has 0 amide bonds. The first-order valence-electron chi connectivity index (χ1n) is 20.1. The maximum Gasteiger partial charge on any atom is 0.238 e. The van der Waals surface area contributed by atoms with E-state index in [2.05, 4.69) is 190 Å². The Morgan fingerprint density at radius 3 is 1.29 bits per heavy atom. The van der Waals surface area contributed by atoms with Gasteiger partial charge in [0.05, 0.1) is 22.1 Å². The molecule has 0 atom stereocenters. The van der Waals surface area contributed by atoms with Crippen LogP contribution in [0.4, 0.5) is 0 Å². The third kappa shape index (κ3) is 5.97. The maximum atomic E-state index is 5.39. The zero-order chi connectivity index (χ0) is 39.8. The van der Waals surface area contributed by atoms with Crippen molar-refractivity contribution in [1.82, 2.24) is 24.1 Å². The van der Waals surface area contributed by atoms with Crippen LogP contribution in [0, 0.1) is 0 Å². The molecule has 3 aromatic heterocycles. The number of nitrogens with zero attached hydrogens (tertiary/aromatic N) is 5. The summed E-state index contributed by atoms with van der Waals surface area (Å²) in [5.74, 6) is 1.82. The van der Waals surface area contributed by atoms with Crippen LogP contribution in [-0.2, 0) is 10.8 Å². The molecule has 0 unspecified atom stereocenters. The molecule has 3 heterocycles. The van der Waals surface area contributed by atoms with Gasteiger partial charge in [-0.25, -0.2) is 4.98 Å². The van der Waals surface area contributed by atoms with Gasteiger partial charge < -0.3 is 4.57 Å². The molecule has 0 radical (unpaired) electrons. The van der Waals surface area contributed by atoms with Crippen molar-refractivity contribution in [2.45, 2.75) is 52.4 Å². The number of benzene rings is 7. The second-order valence-electron chi connectivity index (χ2n) is 17.4. The topological polar surface area (TPSA) is 48.5 Å². The summed E-state index contributed by atoms with van der Waals surface area (Å²) < 4.78 is 4.72. The van der Waals surface area contributed by atoms with Crippen LogP contribution in [0.5, 0.6) is 0 Å². The monoisotopic (exact) mass is 751 g/mol. The summed E-state index contributed by atoms with van der Waals surface area (Å²) >= 11 is 0. The first kappa shape index (κ1) is 35.6. The number of hydrogen-bond donors (Lipinski definition) is 0. The molecule has 0 bridgehead atoms. The van der Waals surface area contributed by atoms with E-state index < -0.39 is 0 Å². The lowest BCUT2D eigenvalue weighted by atomic mass is 9.86. The Hall–Kier alpha value is -6.85. The minimum Gasteiger partial charge on any atom is -0.307 e. The molecule has 0 aliphatic rings. The van der Waals surface area contributed by atoms with E-state index in [1.807, 2.05) is 24.3 Å². The first-order chi connectivity index (χ1) is 28.0. The van der Waals surface area contributed by atoms with Gasteiger partial charge >= 0.3 is 0 Å². The average molecular weight is 752 g/mol. The van der Waals surface area contributed by atoms with E-state index in [4.69, 9.17) is 15.0 Å². The van der Waals surface area contributed by atoms with Crippen molar-refractivity contribution in [2.75, 3.05) is 0 Å². The van der Waals surface area contributed by atoms with Crippen LogP contribution in [0.15, 0.2) is 164 Å². The summed E-state index contributed by atoms with van der Waals surface area (Å²) in [5.41, 5.74) is 12.2. The molecule has 5 nitrogen and oxygen atoms in total. The molecular formula is C53H45N5. The fourth-order valence-electron chi connectivity index (χ4n) is 8.34. The van der Waals surface area contributed by atoms with Gasteiger partial charge in [0.25, 0.3) is 0 Å². The highest BCUT2D eigenvalue weighted by Gasteiger charge is 2.26. The lowest BCUT2D eigenvalue weighted by Gasteiger charge is -2.19. The Bertz CT molecular complexity index is 3140. The molecule has 0 saturated heterocycles. The van der Waals surface area contributed by atoms with Crippen molar-refractivity contribution in [2.24, 2.45) is 0 Å². The van der Waals surface area contributed by atoms with Crippen LogP contribution < -0.4 is 0 Å². The van der Waals surface area contributed by atoms with Gasteiger partial charge in [0.1, 0.15) is 0 Å². The molecular weight excluding hydrogens is 707 g/mol. The molecule has 10 rings (SSSR count). The first-order valence-corrected chi connectivity index (χ1v) is 20.1. The van der Waals surface area contributed by atoms with Gasteiger partial charge in [-0.1, -0.05) is 169 Å². The number of hydrogen-bond acceptors (Lipinski definition) is 3. The molecule has 282 valence electrons. The van der Waals surface area contributed by atoms with Gasteiger partial charge in [-0.05, 0) is 69.5 Å². The Kier molecular flexibility index (Phi) is 8.20. The third-order valence-electron chi connectivity index (χ3n) is 11.5. The van der Waals surface area contributed by atoms with Crippen molar-refractivity contribution in [3.8, 4) is 45.5 Å². The highest BCUT2D eigenvalue weighted by atomic mass is 15.2. The standard InChI is InChI=1S/C53H45N5/c1-52(2,3)38-26-30-45-43(32-38)41-28-29-42-44-33-39(53(4,5)6)27-31-46(44)58(48(42)47(41)57(45)40-20-14-9-15-21-40)51-55-49(36-18-12-8-13-19-36)54-50(56-51)37-24-22-35(23-25-37)34-16-10-7-11-17-34/h7-33H,1-6H3. The number of aromatic nitrogens is 5. The van der Waals surface area contributed by atoms with Crippen molar-refractivity contribution in [3.63, 3.8) is 0 Å². The Morgan fingerprint density at radius 1 is 0.362 bits per heavy atom. The van der Waals surface area contributed by atoms with Crippen LogP contribution >= 0.6 is 0 Å². The fourth-order valence-corrected chi connectivity index (χ4v) is 8.34. The third-order valence-corrected chi connectivity index (χ3v) is 11.5. The van der Waals surface area contributed by atoms with Crippen molar-refractivity contribution >= 4 is 43.6 Å². The molecule has 58 heavy (non-hydrogen) atoms. The molecule has 0 aliphatic heterocycles. The van der Waals surface area contributed by atoms with Gasteiger partial charge in [-0.15, -0.1) is 0 Å². The number of rotatable bonds is 5. The molecule has 10 aromatic rings. The van der Waals surface area contributed by atoms with E-state index in [-0.39, 0.29) is 10.8 Å². The molecule has 0 N–H and O–H groups in total. The van der Waals surface area contributed by atoms with E-state index in [1.54, 1.807) is 0 Å². The summed E-state index contributed by atoms with van der Waals surface area (Å²) in [4.78, 5) is 15.9. The molecule has 0 aliphatic carbocycles.